The minimum Gasteiger partial charge on any atom is -0.493 e. The van der Waals surface area contributed by atoms with Crippen molar-refractivity contribution in [2.45, 2.75) is 50.2 Å². The fraction of sp³-hybridized carbons (Fsp3) is 0.476. The SMILES string of the molecule is C=CCCCCOc1cc(Br)ccc1[C@@H]1CC(O)(CC=C)CCN1C(=O)O. The number of benzene rings is 1. The van der Waals surface area contributed by atoms with Crippen LogP contribution in [0.3, 0.4) is 0 Å². The molecule has 1 unspecified atom stereocenters. The van der Waals surface area contributed by atoms with E-state index in [-0.39, 0.29) is 6.54 Å². The second-order valence-corrected chi connectivity index (χ2v) is 7.89. The summed E-state index contributed by atoms with van der Waals surface area (Å²) in [4.78, 5) is 13.2. The van der Waals surface area contributed by atoms with Gasteiger partial charge in [0.05, 0.1) is 18.2 Å². The molecule has 1 aromatic carbocycles. The molecule has 1 aliphatic heterocycles. The van der Waals surface area contributed by atoms with Gasteiger partial charge in [-0.3, -0.25) is 0 Å². The summed E-state index contributed by atoms with van der Waals surface area (Å²) in [6, 6.07) is 5.16. The number of allylic oxidation sites excluding steroid dienone is 1. The first-order valence-corrected chi connectivity index (χ1v) is 10.1. The minimum absolute atomic E-state index is 0.277. The number of hydrogen-bond acceptors (Lipinski definition) is 3. The zero-order chi connectivity index (χ0) is 19.9. The van der Waals surface area contributed by atoms with E-state index in [1.807, 2.05) is 24.3 Å². The number of aliphatic hydroxyl groups is 1. The van der Waals surface area contributed by atoms with Gasteiger partial charge in [-0.05, 0) is 44.2 Å². The van der Waals surface area contributed by atoms with Crippen molar-refractivity contribution < 1.29 is 19.7 Å². The molecule has 0 aromatic heterocycles. The number of carbonyl (C=O) groups is 1. The predicted octanol–water partition coefficient (Wildman–Crippen LogP) is 5.31. The molecule has 0 bridgehead atoms. The zero-order valence-corrected chi connectivity index (χ0v) is 17.2. The second kappa shape index (κ2) is 9.95. The first kappa shape index (κ1) is 21.5. The number of piperidine rings is 1. The van der Waals surface area contributed by atoms with Gasteiger partial charge in [-0.25, -0.2) is 4.79 Å². The van der Waals surface area contributed by atoms with Gasteiger partial charge in [-0.2, -0.15) is 0 Å². The highest BCUT2D eigenvalue weighted by Gasteiger charge is 2.41. The molecule has 0 radical (unpaired) electrons. The van der Waals surface area contributed by atoms with Crippen LogP contribution in [0.15, 0.2) is 48.0 Å². The highest BCUT2D eigenvalue weighted by Crippen LogP contribution is 2.42. The Labute approximate surface area is 169 Å². The first-order chi connectivity index (χ1) is 12.9. The number of hydrogen-bond donors (Lipinski definition) is 2. The molecular weight excluding hydrogens is 410 g/mol. The molecule has 0 spiro atoms. The molecule has 148 valence electrons. The molecule has 6 heteroatoms. The minimum atomic E-state index is -0.986. The van der Waals surface area contributed by atoms with Crippen molar-refractivity contribution in [3.05, 3.63) is 53.5 Å². The maximum Gasteiger partial charge on any atom is 0.407 e. The Morgan fingerprint density at radius 3 is 2.81 bits per heavy atom. The van der Waals surface area contributed by atoms with Crippen LogP contribution in [0.4, 0.5) is 4.79 Å². The van der Waals surface area contributed by atoms with Gasteiger partial charge < -0.3 is 19.8 Å². The van der Waals surface area contributed by atoms with Crippen LogP contribution in [0, 0.1) is 0 Å². The van der Waals surface area contributed by atoms with Crippen LogP contribution in [-0.2, 0) is 0 Å². The fourth-order valence-corrected chi connectivity index (χ4v) is 3.84. The summed E-state index contributed by atoms with van der Waals surface area (Å²) in [6.45, 7) is 8.26. The Hall–Kier alpha value is -1.79. The molecule has 0 saturated carbocycles. The van der Waals surface area contributed by atoms with Gasteiger partial charge in [0.15, 0.2) is 0 Å². The summed E-state index contributed by atoms with van der Waals surface area (Å²) in [5.41, 5.74) is -0.168. The van der Waals surface area contributed by atoms with E-state index < -0.39 is 17.7 Å². The molecule has 1 aromatic rings. The van der Waals surface area contributed by atoms with Crippen LogP contribution >= 0.6 is 15.9 Å². The number of halogens is 1. The molecule has 1 amide bonds. The van der Waals surface area contributed by atoms with Crippen LogP contribution in [0.1, 0.15) is 50.1 Å². The summed E-state index contributed by atoms with van der Waals surface area (Å²) in [7, 11) is 0. The van der Waals surface area contributed by atoms with E-state index in [9.17, 15) is 15.0 Å². The highest BCUT2D eigenvalue weighted by atomic mass is 79.9. The molecule has 2 atom stereocenters. The van der Waals surface area contributed by atoms with Crippen molar-refractivity contribution in [2.75, 3.05) is 13.2 Å². The average Bonchev–Trinajstić information content (AvgIpc) is 2.61. The van der Waals surface area contributed by atoms with Crippen molar-refractivity contribution in [3.8, 4) is 5.75 Å². The molecule has 27 heavy (non-hydrogen) atoms. The summed E-state index contributed by atoms with van der Waals surface area (Å²) >= 11 is 3.46. The van der Waals surface area contributed by atoms with E-state index in [2.05, 4.69) is 29.1 Å². The number of nitrogens with zero attached hydrogens (tertiary/aromatic N) is 1. The Bertz CT molecular complexity index is 678. The Morgan fingerprint density at radius 2 is 2.15 bits per heavy atom. The third-order valence-electron chi connectivity index (χ3n) is 4.93. The molecule has 2 rings (SSSR count). The van der Waals surface area contributed by atoms with E-state index in [4.69, 9.17) is 4.74 Å². The summed E-state index contributed by atoms with van der Waals surface area (Å²) in [6.07, 6.45) is 6.58. The van der Waals surface area contributed by atoms with Gasteiger partial charge >= 0.3 is 6.09 Å². The number of carboxylic acid groups (broad SMARTS) is 1. The van der Waals surface area contributed by atoms with Crippen LogP contribution in [0.25, 0.3) is 0 Å². The van der Waals surface area contributed by atoms with E-state index in [0.29, 0.717) is 31.6 Å². The summed E-state index contributed by atoms with van der Waals surface area (Å²) < 4.78 is 6.86. The summed E-state index contributed by atoms with van der Waals surface area (Å²) in [5, 5.41) is 20.5. The molecule has 0 aliphatic carbocycles. The van der Waals surface area contributed by atoms with Crippen LogP contribution in [0.2, 0.25) is 0 Å². The molecule has 5 nitrogen and oxygen atoms in total. The van der Waals surface area contributed by atoms with Gasteiger partial charge in [-0.15, -0.1) is 13.2 Å². The van der Waals surface area contributed by atoms with Crippen molar-refractivity contribution in [1.29, 1.82) is 0 Å². The third kappa shape index (κ3) is 5.84. The van der Waals surface area contributed by atoms with Crippen LogP contribution in [-0.4, -0.2) is 40.0 Å². The van der Waals surface area contributed by atoms with Gasteiger partial charge in [0.25, 0.3) is 0 Å². The molecule has 1 heterocycles. The van der Waals surface area contributed by atoms with Crippen LogP contribution < -0.4 is 4.74 Å². The van der Waals surface area contributed by atoms with Gasteiger partial charge in [-0.1, -0.05) is 34.1 Å². The molecular formula is C21H28BrNO4. The van der Waals surface area contributed by atoms with Gasteiger partial charge in [0.1, 0.15) is 5.75 Å². The smallest absolute Gasteiger partial charge is 0.407 e. The lowest BCUT2D eigenvalue weighted by Gasteiger charge is -2.43. The molecule has 1 saturated heterocycles. The quantitative estimate of drug-likeness (QED) is 0.405. The highest BCUT2D eigenvalue weighted by molar-refractivity contribution is 9.10. The van der Waals surface area contributed by atoms with E-state index in [1.54, 1.807) is 6.08 Å². The average molecular weight is 438 g/mol. The molecule has 1 aliphatic rings. The normalized spacial score (nSPS) is 22.3. The van der Waals surface area contributed by atoms with Crippen molar-refractivity contribution >= 4 is 22.0 Å². The Kier molecular flexibility index (Phi) is 7.92. The van der Waals surface area contributed by atoms with Crippen molar-refractivity contribution in [3.63, 3.8) is 0 Å². The number of ether oxygens (including phenoxy) is 1. The van der Waals surface area contributed by atoms with Crippen molar-refractivity contribution in [2.24, 2.45) is 0 Å². The van der Waals surface area contributed by atoms with E-state index in [0.717, 1.165) is 29.3 Å². The molecule has 1 fully saturated rings. The monoisotopic (exact) mass is 437 g/mol. The lowest BCUT2D eigenvalue weighted by atomic mass is 9.81. The maximum atomic E-state index is 11.8. The Morgan fingerprint density at radius 1 is 1.37 bits per heavy atom. The van der Waals surface area contributed by atoms with Gasteiger partial charge in [0.2, 0.25) is 0 Å². The topological polar surface area (TPSA) is 70.0 Å². The maximum absolute atomic E-state index is 11.8. The number of likely N-dealkylation sites (tertiary alicyclic amines) is 1. The Balaban J connectivity index is 2.26. The van der Waals surface area contributed by atoms with E-state index in [1.165, 1.54) is 4.90 Å². The summed E-state index contributed by atoms with van der Waals surface area (Å²) in [5.74, 6) is 0.655. The standard InChI is InChI=1S/C21H28BrNO4/c1-3-5-6-7-13-27-19-14-16(22)8-9-17(19)18-15-21(26,10-4-2)11-12-23(18)20(24)25/h3-4,8-9,14,18,26H,1-2,5-7,10-13,15H2,(H,24,25)/t18-,21?/m0/s1. The third-order valence-corrected chi connectivity index (χ3v) is 5.43. The van der Waals surface area contributed by atoms with Crippen LogP contribution in [0.5, 0.6) is 5.75 Å². The number of amides is 1. The number of unbranched alkanes of at least 4 members (excludes halogenated alkanes) is 2. The van der Waals surface area contributed by atoms with E-state index >= 15 is 0 Å². The lowest BCUT2D eigenvalue weighted by Crippen LogP contribution is -2.48. The van der Waals surface area contributed by atoms with Crippen molar-refractivity contribution in [1.82, 2.24) is 4.90 Å². The number of rotatable bonds is 9. The largest absolute Gasteiger partial charge is 0.493 e. The zero-order valence-electron chi connectivity index (χ0n) is 15.6. The van der Waals surface area contributed by atoms with Gasteiger partial charge in [0, 0.05) is 23.0 Å². The fourth-order valence-electron chi connectivity index (χ4n) is 3.50. The molecule has 2 N–H and O–H groups in total. The second-order valence-electron chi connectivity index (χ2n) is 6.98. The predicted molar refractivity (Wildman–Crippen MR) is 110 cm³/mol. The first-order valence-electron chi connectivity index (χ1n) is 9.26. The lowest BCUT2D eigenvalue weighted by molar-refractivity contribution is -0.0392.